The maximum Gasteiger partial charge on any atom is 0.263 e. The highest BCUT2D eigenvalue weighted by atomic mass is 32.2. The van der Waals surface area contributed by atoms with Crippen molar-refractivity contribution < 1.29 is 9.53 Å². The van der Waals surface area contributed by atoms with Gasteiger partial charge in [0.15, 0.2) is 6.10 Å². The summed E-state index contributed by atoms with van der Waals surface area (Å²) in [5.74, 6) is 0.872. The standard InChI is InChI=1S/C18H26N2O2S/c1-14(22-15-3-5-16(23-2)6-4-15)17(21)20-11-8-18(9-12-20)7-10-19-13-18/h3-6,14,19H,7-13H2,1-2H3. The zero-order chi connectivity index (χ0) is 16.3. The summed E-state index contributed by atoms with van der Waals surface area (Å²) >= 11 is 1.70. The molecule has 1 N–H and O–H groups in total. The Hall–Kier alpha value is -1.20. The van der Waals surface area contributed by atoms with Gasteiger partial charge in [-0.25, -0.2) is 0 Å². The zero-order valence-corrected chi connectivity index (χ0v) is 14.8. The van der Waals surface area contributed by atoms with Gasteiger partial charge in [0, 0.05) is 24.5 Å². The van der Waals surface area contributed by atoms with E-state index in [1.807, 2.05) is 42.3 Å². The monoisotopic (exact) mass is 334 g/mol. The van der Waals surface area contributed by atoms with Gasteiger partial charge in [-0.3, -0.25) is 4.79 Å². The molecule has 0 saturated carbocycles. The van der Waals surface area contributed by atoms with Crippen LogP contribution < -0.4 is 10.1 Å². The number of carbonyl (C=O) groups is 1. The van der Waals surface area contributed by atoms with E-state index in [1.54, 1.807) is 11.8 Å². The first-order valence-electron chi connectivity index (χ1n) is 8.42. The van der Waals surface area contributed by atoms with E-state index in [4.69, 9.17) is 4.74 Å². The lowest BCUT2D eigenvalue weighted by Gasteiger charge is -2.39. The van der Waals surface area contributed by atoms with Crippen LogP contribution in [0.4, 0.5) is 0 Å². The van der Waals surface area contributed by atoms with Gasteiger partial charge in [0.1, 0.15) is 5.75 Å². The summed E-state index contributed by atoms with van der Waals surface area (Å²) in [5, 5.41) is 3.46. The number of likely N-dealkylation sites (tertiary alicyclic amines) is 1. The molecule has 1 aromatic rings. The first-order chi connectivity index (χ1) is 11.1. The third-order valence-corrected chi connectivity index (χ3v) is 5.93. The van der Waals surface area contributed by atoms with Crippen LogP contribution in [0.3, 0.4) is 0 Å². The lowest BCUT2D eigenvalue weighted by atomic mass is 9.78. The van der Waals surface area contributed by atoms with Crippen molar-refractivity contribution in [3.05, 3.63) is 24.3 Å². The first-order valence-corrected chi connectivity index (χ1v) is 9.65. The van der Waals surface area contributed by atoms with E-state index in [9.17, 15) is 4.79 Å². The summed E-state index contributed by atoms with van der Waals surface area (Å²) in [6, 6.07) is 7.92. The largest absolute Gasteiger partial charge is 0.481 e. The minimum atomic E-state index is -0.425. The highest BCUT2D eigenvalue weighted by molar-refractivity contribution is 7.98. The van der Waals surface area contributed by atoms with Gasteiger partial charge in [-0.1, -0.05) is 0 Å². The van der Waals surface area contributed by atoms with Crippen LogP contribution in [0.1, 0.15) is 26.2 Å². The predicted molar refractivity (Wildman–Crippen MR) is 94.0 cm³/mol. The van der Waals surface area contributed by atoms with Gasteiger partial charge in [0.05, 0.1) is 0 Å². The summed E-state index contributed by atoms with van der Waals surface area (Å²) in [7, 11) is 0. The topological polar surface area (TPSA) is 41.6 Å². The number of ether oxygens (including phenoxy) is 1. The van der Waals surface area contributed by atoms with Crippen molar-refractivity contribution in [3.63, 3.8) is 0 Å². The van der Waals surface area contributed by atoms with Gasteiger partial charge in [-0.2, -0.15) is 0 Å². The molecule has 0 aromatic heterocycles. The molecule has 1 unspecified atom stereocenters. The smallest absolute Gasteiger partial charge is 0.263 e. The van der Waals surface area contributed by atoms with Crippen molar-refractivity contribution in [1.29, 1.82) is 0 Å². The van der Waals surface area contributed by atoms with Gasteiger partial charge in [0.2, 0.25) is 0 Å². The molecule has 2 heterocycles. The lowest BCUT2D eigenvalue weighted by Crippen LogP contribution is -2.48. The van der Waals surface area contributed by atoms with Gasteiger partial charge >= 0.3 is 0 Å². The fourth-order valence-corrected chi connectivity index (χ4v) is 4.00. The SMILES string of the molecule is CSc1ccc(OC(C)C(=O)N2CCC3(CCNC3)CC2)cc1. The van der Waals surface area contributed by atoms with Crippen LogP contribution >= 0.6 is 11.8 Å². The Balaban J connectivity index is 1.53. The minimum absolute atomic E-state index is 0.111. The number of benzene rings is 1. The summed E-state index contributed by atoms with van der Waals surface area (Å²) in [5.41, 5.74) is 0.439. The number of nitrogens with one attached hydrogen (secondary N) is 1. The number of thioether (sulfide) groups is 1. The highest BCUT2D eigenvalue weighted by Gasteiger charge is 2.38. The summed E-state index contributed by atoms with van der Waals surface area (Å²) in [4.78, 5) is 15.8. The number of hydrogen-bond donors (Lipinski definition) is 1. The van der Waals surface area contributed by atoms with Crippen molar-refractivity contribution in [2.75, 3.05) is 32.4 Å². The van der Waals surface area contributed by atoms with Crippen LogP contribution in [-0.2, 0) is 4.79 Å². The Bertz CT molecular complexity index is 530. The highest BCUT2D eigenvalue weighted by Crippen LogP contribution is 2.37. The minimum Gasteiger partial charge on any atom is -0.481 e. The molecule has 3 rings (SSSR count). The third-order valence-electron chi connectivity index (χ3n) is 5.19. The molecule has 2 saturated heterocycles. The lowest BCUT2D eigenvalue weighted by molar-refractivity contribution is -0.140. The molecule has 2 aliphatic heterocycles. The van der Waals surface area contributed by atoms with E-state index < -0.39 is 6.10 Å². The molecule has 1 atom stereocenters. The molecule has 126 valence electrons. The molecule has 1 aromatic carbocycles. The molecule has 5 heteroatoms. The summed E-state index contributed by atoms with van der Waals surface area (Å²) in [6.45, 7) is 5.81. The molecular weight excluding hydrogens is 308 g/mol. The first kappa shape index (κ1) is 16.7. The number of hydrogen-bond acceptors (Lipinski definition) is 4. The maximum absolute atomic E-state index is 12.6. The molecule has 23 heavy (non-hydrogen) atoms. The van der Waals surface area contributed by atoms with Crippen molar-refractivity contribution >= 4 is 17.7 Å². The van der Waals surface area contributed by atoms with Crippen LogP contribution in [0.15, 0.2) is 29.2 Å². The van der Waals surface area contributed by atoms with Crippen molar-refractivity contribution in [2.24, 2.45) is 5.41 Å². The number of carbonyl (C=O) groups excluding carboxylic acids is 1. The molecule has 2 aliphatic rings. The molecular formula is C18H26N2O2S. The van der Waals surface area contributed by atoms with E-state index in [0.717, 1.165) is 44.8 Å². The van der Waals surface area contributed by atoms with Gasteiger partial charge in [0.25, 0.3) is 5.91 Å². The van der Waals surface area contributed by atoms with E-state index in [1.165, 1.54) is 11.3 Å². The van der Waals surface area contributed by atoms with Crippen LogP contribution in [0.25, 0.3) is 0 Å². The number of nitrogens with zero attached hydrogens (tertiary/aromatic N) is 1. The fraction of sp³-hybridized carbons (Fsp3) is 0.611. The second kappa shape index (κ2) is 7.14. The fourth-order valence-electron chi connectivity index (χ4n) is 3.59. The number of piperidine rings is 1. The maximum atomic E-state index is 12.6. The molecule has 4 nitrogen and oxygen atoms in total. The molecule has 1 spiro atoms. The Kier molecular flexibility index (Phi) is 5.17. The predicted octanol–water partition coefficient (Wildman–Crippen LogP) is 2.78. The van der Waals surface area contributed by atoms with E-state index in [0.29, 0.717) is 5.41 Å². The van der Waals surface area contributed by atoms with Crippen LogP contribution in [0.2, 0.25) is 0 Å². The third kappa shape index (κ3) is 3.83. The van der Waals surface area contributed by atoms with E-state index in [-0.39, 0.29) is 5.91 Å². The normalized spacial score (nSPS) is 21.4. The second-order valence-electron chi connectivity index (χ2n) is 6.69. The average molecular weight is 334 g/mol. The van der Waals surface area contributed by atoms with E-state index in [2.05, 4.69) is 5.32 Å². The van der Waals surface area contributed by atoms with Crippen molar-refractivity contribution in [2.45, 2.75) is 37.2 Å². The van der Waals surface area contributed by atoms with Crippen LogP contribution in [-0.4, -0.2) is 49.3 Å². The number of amides is 1. The summed E-state index contributed by atoms with van der Waals surface area (Å²) in [6.07, 6.45) is 5.10. The van der Waals surface area contributed by atoms with Crippen molar-refractivity contribution in [1.82, 2.24) is 10.2 Å². The molecule has 0 aliphatic carbocycles. The van der Waals surface area contributed by atoms with Crippen LogP contribution in [0, 0.1) is 5.41 Å². The Morgan fingerprint density at radius 2 is 1.96 bits per heavy atom. The molecule has 0 bridgehead atoms. The Labute approximate surface area is 143 Å². The average Bonchev–Trinajstić information content (AvgIpc) is 3.03. The molecule has 1 amide bonds. The van der Waals surface area contributed by atoms with Gasteiger partial charge in [-0.15, -0.1) is 11.8 Å². The van der Waals surface area contributed by atoms with E-state index >= 15 is 0 Å². The quantitative estimate of drug-likeness (QED) is 0.860. The molecule has 2 fully saturated rings. The van der Waals surface area contributed by atoms with Gasteiger partial charge in [-0.05, 0) is 68.7 Å². The van der Waals surface area contributed by atoms with Crippen LogP contribution in [0.5, 0.6) is 5.75 Å². The summed E-state index contributed by atoms with van der Waals surface area (Å²) < 4.78 is 5.83. The Morgan fingerprint density at radius 3 is 2.52 bits per heavy atom. The van der Waals surface area contributed by atoms with Crippen molar-refractivity contribution in [3.8, 4) is 5.75 Å². The van der Waals surface area contributed by atoms with Gasteiger partial charge < -0.3 is 15.0 Å². The molecule has 0 radical (unpaired) electrons. The zero-order valence-electron chi connectivity index (χ0n) is 14.0. The second-order valence-corrected chi connectivity index (χ2v) is 7.57. The Morgan fingerprint density at radius 1 is 1.26 bits per heavy atom. The number of rotatable bonds is 4.